The van der Waals surface area contributed by atoms with Crippen LogP contribution in [-0.2, 0) is 0 Å². The molecule has 0 aliphatic rings. The quantitative estimate of drug-likeness (QED) is 0.353. The Balaban J connectivity index is 1.95. The van der Waals surface area contributed by atoms with Gasteiger partial charge in [0.1, 0.15) is 11.4 Å². The number of rotatable bonds is 7. The van der Waals surface area contributed by atoms with E-state index in [9.17, 15) is 19.5 Å². The molecule has 0 spiro atoms. The first-order valence-electron chi connectivity index (χ1n) is 8.89. The molecule has 0 radical (unpaired) electrons. The van der Waals surface area contributed by atoms with E-state index in [2.05, 4.69) is 26.6 Å². The van der Waals surface area contributed by atoms with Crippen LogP contribution in [-0.4, -0.2) is 30.0 Å². The predicted molar refractivity (Wildman–Crippen MR) is 119 cm³/mol. The van der Waals surface area contributed by atoms with E-state index >= 15 is 0 Å². The summed E-state index contributed by atoms with van der Waals surface area (Å²) >= 11 is 4.87. The van der Waals surface area contributed by atoms with Gasteiger partial charge in [0, 0.05) is 23.4 Å². The van der Waals surface area contributed by atoms with Crippen molar-refractivity contribution in [1.82, 2.24) is 4.90 Å². The lowest BCUT2D eigenvalue weighted by molar-refractivity contribution is 0.0824. The van der Waals surface area contributed by atoms with Crippen molar-refractivity contribution in [1.29, 1.82) is 0 Å². The molecule has 7 nitrogen and oxygen atoms in total. The van der Waals surface area contributed by atoms with Gasteiger partial charge in [-0.1, -0.05) is 28.9 Å². The highest BCUT2D eigenvalue weighted by Crippen LogP contribution is 2.36. The van der Waals surface area contributed by atoms with Crippen LogP contribution in [0.3, 0.4) is 0 Å². The summed E-state index contributed by atoms with van der Waals surface area (Å²) < 4.78 is 0.543. The molecule has 3 rings (SSSR count). The molecule has 29 heavy (non-hydrogen) atoms. The minimum absolute atomic E-state index is 0.0710. The molecule has 1 atom stereocenters. The largest absolute Gasteiger partial charge is 0.505 e. The number of anilines is 3. The highest BCUT2D eigenvalue weighted by atomic mass is 79.9. The fraction of sp³-hybridized carbons (Fsp3) is 0.250. The molecule has 1 amide bonds. The van der Waals surface area contributed by atoms with Crippen LogP contribution >= 0.6 is 27.3 Å². The summed E-state index contributed by atoms with van der Waals surface area (Å²) in [6.45, 7) is 1.98. The van der Waals surface area contributed by atoms with Crippen LogP contribution in [0, 0.1) is 0 Å². The van der Waals surface area contributed by atoms with E-state index in [0.717, 1.165) is 11.3 Å². The Morgan fingerprint density at radius 1 is 1.24 bits per heavy atom. The van der Waals surface area contributed by atoms with Crippen LogP contribution in [0.5, 0.6) is 5.75 Å². The average molecular weight is 478 g/mol. The van der Waals surface area contributed by atoms with Crippen molar-refractivity contribution < 1.29 is 9.90 Å². The second-order valence-corrected chi connectivity index (χ2v) is 8.60. The topological polar surface area (TPSA) is 98.7 Å². The van der Waals surface area contributed by atoms with Gasteiger partial charge in [-0.05, 0) is 30.0 Å². The molecule has 0 fully saturated rings. The number of nitrogens with one attached hydrogen (secondary N) is 2. The van der Waals surface area contributed by atoms with Gasteiger partial charge in [0.2, 0.25) is 0 Å². The second kappa shape index (κ2) is 8.38. The Morgan fingerprint density at radius 2 is 1.93 bits per heavy atom. The Morgan fingerprint density at radius 3 is 2.52 bits per heavy atom. The number of hydrogen-bond acceptors (Lipinski definition) is 7. The van der Waals surface area contributed by atoms with Gasteiger partial charge >= 0.3 is 0 Å². The number of benzene rings is 1. The van der Waals surface area contributed by atoms with Gasteiger partial charge in [-0.15, -0.1) is 11.3 Å². The zero-order valence-corrected chi connectivity index (χ0v) is 18.5. The maximum Gasteiger partial charge on any atom is 0.257 e. The maximum atomic E-state index is 12.3. The number of nitrogens with zero attached hydrogens (tertiary/aromatic N) is 1. The van der Waals surface area contributed by atoms with Gasteiger partial charge < -0.3 is 20.6 Å². The first kappa shape index (κ1) is 21.1. The summed E-state index contributed by atoms with van der Waals surface area (Å²) in [7, 11) is 3.15. The van der Waals surface area contributed by atoms with Gasteiger partial charge in [-0.2, -0.15) is 0 Å². The number of phenolic OH excluding ortho intramolecular Hbond substituents is 1. The lowest BCUT2D eigenvalue weighted by Crippen LogP contribution is -2.37. The van der Waals surface area contributed by atoms with Crippen LogP contribution in [0.1, 0.15) is 34.6 Å². The summed E-state index contributed by atoms with van der Waals surface area (Å²) in [5.41, 5.74) is -0.805. The van der Waals surface area contributed by atoms with Crippen molar-refractivity contribution in [2.45, 2.75) is 19.4 Å². The van der Waals surface area contributed by atoms with E-state index in [1.165, 1.54) is 11.0 Å². The van der Waals surface area contributed by atoms with Crippen LogP contribution < -0.4 is 21.5 Å². The summed E-state index contributed by atoms with van der Waals surface area (Å²) in [6.07, 6.45) is 0.725. The smallest absolute Gasteiger partial charge is 0.257 e. The molecule has 1 aromatic heterocycles. The van der Waals surface area contributed by atoms with Crippen LogP contribution in [0.15, 0.2) is 43.7 Å². The Hall–Kier alpha value is -2.65. The monoisotopic (exact) mass is 477 g/mol. The highest BCUT2D eigenvalue weighted by Gasteiger charge is 2.26. The zero-order valence-electron chi connectivity index (χ0n) is 16.1. The average Bonchev–Trinajstić information content (AvgIpc) is 3.23. The standard InChI is InChI=1S/C20H20BrN3O4S/c1-4-12(14-6-5-7-29-14)22-15-16(19(27)18(15)26)23-13-9-10(21)8-11(17(13)25)20(28)24(2)3/h5-9,12,22-23,25H,4H2,1-3H3/t12-/m1/s1. The molecular formula is C20H20BrN3O4S. The number of carbonyl (C=O) groups excluding carboxylic acids is 1. The van der Waals surface area contributed by atoms with E-state index < -0.39 is 10.9 Å². The lowest BCUT2D eigenvalue weighted by atomic mass is 10.1. The molecule has 9 heteroatoms. The first-order chi connectivity index (χ1) is 13.7. The molecule has 3 N–H and O–H groups in total. The number of aromatic hydroxyl groups is 1. The summed E-state index contributed by atoms with van der Waals surface area (Å²) in [4.78, 5) is 39.0. The van der Waals surface area contributed by atoms with Crippen molar-refractivity contribution in [3.63, 3.8) is 0 Å². The molecule has 1 heterocycles. The Kier molecular flexibility index (Phi) is 6.09. The van der Waals surface area contributed by atoms with Crippen molar-refractivity contribution in [3.8, 4) is 5.75 Å². The van der Waals surface area contributed by atoms with Crippen LogP contribution in [0.2, 0.25) is 0 Å². The van der Waals surface area contributed by atoms with E-state index in [1.54, 1.807) is 31.5 Å². The molecule has 0 saturated carbocycles. The number of hydrogen-bond donors (Lipinski definition) is 3. The molecule has 0 unspecified atom stereocenters. The fourth-order valence-electron chi connectivity index (χ4n) is 2.92. The van der Waals surface area contributed by atoms with Gasteiger partial charge in [0.15, 0.2) is 5.75 Å². The minimum atomic E-state index is -0.673. The molecule has 0 aliphatic carbocycles. The van der Waals surface area contributed by atoms with E-state index in [1.807, 2.05) is 24.4 Å². The molecule has 0 saturated heterocycles. The van der Waals surface area contributed by atoms with Gasteiger partial charge in [-0.25, -0.2) is 0 Å². The number of carbonyl (C=O) groups is 1. The van der Waals surface area contributed by atoms with E-state index in [0.29, 0.717) is 4.47 Å². The second-order valence-electron chi connectivity index (χ2n) is 6.70. The third kappa shape index (κ3) is 4.06. The minimum Gasteiger partial charge on any atom is -0.505 e. The molecule has 0 bridgehead atoms. The first-order valence-corrected chi connectivity index (χ1v) is 10.6. The molecule has 152 valence electrons. The normalized spacial score (nSPS) is 12.0. The molecule has 0 aliphatic heterocycles. The van der Waals surface area contributed by atoms with Crippen molar-refractivity contribution >= 4 is 50.2 Å². The molecule has 3 aromatic rings. The molecule has 2 aromatic carbocycles. The highest BCUT2D eigenvalue weighted by molar-refractivity contribution is 9.10. The van der Waals surface area contributed by atoms with Crippen LogP contribution in [0.4, 0.5) is 17.1 Å². The van der Waals surface area contributed by atoms with Crippen molar-refractivity contribution in [3.05, 3.63) is 65.0 Å². The third-order valence-electron chi connectivity index (χ3n) is 4.49. The SMILES string of the molecule is CC[C@@H](Nc1c(Nc2cc(Br)cc(C(=O)N(C)C)c2O)c(=O)c1=O)c1cccs1. The summed E-state index contributed by atoms with van der Waals surface area (Å²) in [5.74, 6) is -0.685. The van der Waals surface area contributed by atoms with Gasteiger partial charge in [0.25, 0.3) is 16.8 Å². The number of amides is 1. The predicted octanol–water partition coefficient (Wildman–Crippen LogP) is 3.82. The fourth-order valence-corrected chi connectivity index (χ4v) is 4.24. The molecular weight excluding hydrogens is 458 g/mol. The summed E-state index contributed by atoms with van der Waals surface area (Å²) in [6, 6.07) is 6.81. The number of thiophene rings is 1. The van der Waals surface area contributed by atoms with Crippen molar-refractivity contribution in [2.75, 3.05) is 24.7 Å². The van der Waals surface area contributed by atoms with Crippen molar-refractivity contribution in [2.24, 2.45) is 0 Å². The van der Waals surface area contributed by atoms with E-state index in [4.69, 9.17) is 0 Å². The summed E-state index contributed by atoms with van der Waals surface area (Å²) in [5, 5.41) is 18.5. The third-order valence-corrected chi connectivity index (χ3v) is 5.94. The number of phenols is 1. The lowest BCUT2D eigenvalue weighted by Gasteiger charge is -2.21. The van der Waals surface area contributed by atoms with Gasteiger partial charge in [-0.3, -0.25) is 14.4 Å². The van der Waals surface area contributed by atoms with Gasteiger partial charge in [0.05, 0.1) is 17.3 Å². The zero-order chi connectivity index (χ0) is 21.3. The number of halogens is 1. The Labute approximate surface area is 179 Å². The van der Waals surface area contributed by atoms with Crippen LogP contribution in [0.25, 0.3) is 0 Å². The maximum absolute atomic E-state index is 12.3. The van der Waals surface area contributed by atoms with E-state index in [-0.39, 0.29) is 40.3 Å². The Bertz CT molecular complexity index is 1120.